The summed E-state index contributed by atoms with van der Waals surface area (Å²) >= 11 is 1.64. The van der Waals surface area contributed by atoms with Crippen molar-refractivity contribution in [2.45, 2.75) is 11.4 Å². The summed E-state index contributed by atoms with van der Waals surface area (Å²) in [5.41, 5.74) is 6.70. The van der Waals surface area contributed by atoms with Crippen molar-refractivity contribution in [2.75, 3.05) is 12.4 Å². The molecule has 0 atom stereocenters. The number of thioether (sulfide) groups is 1. The molecule has 0 fully saturated rings. The van der Waals surface area contributed by atoms with Crippen molar-refractivity contribution in [3.05, 3.63) is 29.8 Å². The number of benzene rings is 1. The molecule has 0 unspecified atom stereocenters. The molecular formula is C9H13NOS. The molecule has 0 amide bonds. The number of rotatable bonds is 4. The van der Waals surface area contributed by atoms with Crippen LogP contribution in [0, 0.1) is 0 Å². The first-order valence-electron chi connectivity index (χ1n) is 3.90. The minimum atomic E-state index is 0.212. The third-order valence-corrected chi connectivity index (χ3v) is 2.64. The molecule has 2 nitrogen and oxygen atoms in total. The van der Waals surface area contributed by atoms with E-state index in [1.807, 2.05) is 24.3 Å². The van der Waals surface area contributed by atoms with Crippen LogP contribution in [-0.2, 0) is 6.54 Å². The van der Waals surface area contributed by atoms with E-state index in [0.717, 1.165) is 11.3 Å². The predicted octanol–water partition coefficient (Wildman–Crippen LogP) is 1.23. The van der Waals surface area contributed by atoms with Gasteiger partial charge >= 0.3 is 0 Å². The van der Waals surface area contributed by atoms with E-state index in [9.17, 15) is 0 Å². The van der Waals surface area contributed by atoms with Gasteiger partial charge in [-0.25, -0.2) is 0 Å². The van der Waals surface area contributed by atoms with Crippen LogP contribution in [0.2, 0.25) is 0 Å². The standard InChI is InChI=1S/C9H13NOS/c10-7-8-3-1-2-4-9(8)12-6-5-11/h1-4,11H,5-7,10H2. The van der Waals surface area contributed by atoms with Crippen molar-refractivity contribution in [2.24, 2.45) is 5.73 Å². The van der Waals surface area contributed by atoms with E-state index in [2.05, 4.69) is 0 Å². The fourth-order valence-electron chi connectivity index (χ4n) is 0.969. The number of hydrogen-bond acceptors (Lipinski definition) is 3. The Bertz CT molecular complexity index is 240. The molecule has 1 aromatic carbocycles. The van der Waals surface area contributed by atoms with Gasteiger partial charge in [0.15, 0.2) is 0 Å². The van der Waals surface area contributed by atoms with Crippen molar-refractivity contribution >= 4 is 11.8 Å². The zero-order valence-corrected chi connectivity index (χ0v) is 7.68. The largest absolute Gasteiger partial charge is 0.396 e. The first kappa shape index (κ1) is 9.58. The minimum absolute atomic E-state index is 0.212. The van der Waals surface area contributed by atoms with Crippen LogP contribution >= 0.6 is 11.8 Å². The molecule has 0 aliphatic heterocycles. The summed E-state index contributed by atoms with van der Waals surface area (Å²) in [6, 6.07) is 8.01. The highest BCUT2D eigenvalue weighted by Crippen LogP contribution is 2.21. The maximum absolute atomic E-state index is 8.64. The maximum Gasteiger partial charge on any atom is 0.0525 e. The molecule has 0 aliphatic carbocycles. The summed E-state index contributed by atoms with van der Waals surface area (Å²) in [5, 5.41) is 8.64. The second kappa shape index (κ2) is 5.19. The minimum Gasteiger partial charge on any atom is -0.396 e. The van der Waals surface area contributed by atoms with E-state index in [1.165, 1.54) is 4.90 Å². The molecule has 0 saturated carbocycles. The van der Waals surface area contributed by atoms with E-state index < -0.39 is 0 Å². The smallest absolute Gasteiger partial charge is 0.0525 e. The molecule has 12 heavy (non-hydrogen) atoms. The van der Waals surface area contributed by atoms with Gasteiger partial charge in [-0.15, -0.1) is 11.8 Å². The molecule has 0 radical (unpaired) electrons. The molecule has 0 aliphatic rings. The Balaban J connectivity index is 2.68. The Morgan fingerprint density at radius 3 is 2.75 bits per heavy atom. The summed E-state index contributed by atoms with van der Waals surface area (Å²) in [4.78, 5) is 1.18. The Morgan fingerprint density at radius 1 is 1.33 bits per heavy atom. The average Bonchev–Trinajstić information content (AvgIpc) is 2.15. The van der Waals surface area contributed by atoms with Gasteiger partial charge in [-0.3, -0.25) is 0 Å². The Labute approximate surface area is 76.8 Å². The lowest BCUT2D eigenvalue weighted by atomic mass is 10.2. The maximum atomic E-state index is 8.64. The Hall–Kier alpha value is -0.510. The lowest BCUT2D eigenvalue weighted by molar-refractivity contribution is 0.322. The summed E-state index contributed by atoms with van der Waals surface area (Å²) in [7, 11) is 0. The van der Waals surface area contributed by atoms with Gasteiger partial charge in [0.1, 0.15) is 0 Å². The molecule has 1 rings (SSSR count). The Morgan fingerprint density at radius 2 is 2.08 bits per heavy atom. The number of nitrogens with two attached hydrogens (primary N) is 1. The van der Waals surface area contributed by atoms with E-state index in [4.69, 9.17) is 10.8 Å². The molecule has 0 bridgehead atoms. The number of aliphatic hydroxyl groups excluding tert-OH is 1. The van der Waals surface area contributed by atoms with E-state index in [-0.39, 0.29) is 6.61 Å². The second-order valence-corrected chi connectivity index (χ2v) is 3.52. The van der Waals surface area contributed by atoms with Gasteiger partial charge in [-0.05, 0) is 11.6 Å². The molecule has 0 saturated heterocycles. The van der Waals surface area contributed by atoms with Crippen molar-refractivity contribution in [1.29, 1.82) is 0 Å². The van der Waals surface area contributed by atoms with Gasteiger partial charge in [-0.2, -0.15) is 0 Å². The van der Waals surface area contributed by atoms with Crippen LogP contribution in [0.4, 0.5) is 0 Å². The zero-order valence-electron chi connectivity index (χ0n) is 6.86. The van der Waals surface area contributed by atoms with Gasteiger partial charge in [0.2, 0.25) is 0 Å². The topological polar surface area (TPSA) is 46.2 Å². The first-order valence-corrected chi connectivity index (χ1v) is 4.88. The summed E-state index contributed by atoms with van der Waals surface area (Å²) in [6.45, 7) is 0.776. The molecule has 3 heteroatoms. The van der Waals surface area contributed by atoms with Crippen molar-refractivity contribution in [3.8, 4) is 0 Å². The summed E-state index contributed by atoms with van der Waals surface area (Å²) in [5.74, 6) is 0.733. The SMILES string of the molecule is NCc1ccccc1SCCO. The second-order valence-electron chi connectivity index (χ2n) is 2.38. The summed E-state index contributed by atoms with van der Waals surface area (Å²) < 4.78 is 0. The first-order chi connectivity index (χ1) is 5.88. The normalized spacial score (nSPS) is 10.2. The van der Waals surface area contributed by atoms with Gasteiger partial charge in [0.25, 0.3) is 0 Å². The molecule has 66 valence electrons. The lowest BCUT2D eigenvalue weighted by Crippen LogP contribution is -1.98. The fourth-order valence-corrected chi connectivity index (χ4v) is 1.79. The zero-order chi connectivity index (χ0) is 8.81. The van der Waals surface area contributed by atoms with Gasteiger partial charge in [0.05, 0.1) is 6.61 Å². The van der Waals surface area contributed by atoms with Gasteiger partial charge < -0.3 is 10.8 Å². The lowest BCUT2D eigenvalue weighted by Gasteiger charge is -2.04. The third-order valence-electron chi connectivity index (χ3n) is 1.54. The van der Waals surface area contributed by atoms with Gasteiger partial charge in [0, 0.05) is 17.2 Å². The highest BCUT2D eigenvalue weighted by molar-refractivity contribution is 7.99. The van der Waals surface area contributed by atoms with E-state index >= 15 is 0 Å². The van der Waals surface area contributed by atoms with Crippen LogP contribution in [0.5, 0.6) is 0 Å². The quantitative estimate of drug-likeness (QED) is 0.690. The van der Waals surface area contributed by atoms with Crippen LogP contribution in [0.1, 0.15) is 5.56 Å². The molecule has 1 aromatic rings. The van der Waals surface area contributed by atoms with Crippen LogP contribution in [0.15, 0.2) is 29.2 Å². The monoisotopic (exact) mass is 183 g/mol. The van der Waals surface area contributed by atoms with Crippen molar-refractivity contribution in [1.82, 2.24) is 0 Å². The Kier molecular flexibility index (Phi) is 4.14. The van der Waals surface area contributed by atoms with Crippen molar-refractivity contribution < 1.29 is 5.11 Å². The molecule has 0 aromatic heterocycles. The number of aliphatic hydroxyl groups is 1. The molecular weight excluding hydrogens is 170 g/mol. The van der Waals surface area contributed by atoms with Gasteiger partial charge in [-0.1, -0.05) is 18.2 Å². The van der Waals surface area contributed by atoms with Crippen LogP contribution in [-0.4, -0.2) is 17.5 Å². The summed E-state index contributed by atoms with van der Waals surface area (Å²) in [6.07, 6.45) is 0. The average molecular weight is 183 g/mol. The van der Waals surface area contributed by atoms with E-state index in [0.29, 0.717) is 6.54 Å². The van der Waals surface area contributed by atoms with Crippen LogP contribution in [0.25, 0.3) is 0 Å². The highest BCUT2D eigenvalue weighted by atomic mass is 32.2. The third kappa shape index (κ3) is 2.52. The fraction of sp³-hybridized carbons (Fsp3) is 0.333. The predicted molar refractivity (Wildman–Crippen MR) is 52.1 cm³/mol. The van der Waals surface area contributed by atoms with Crippen molar-refractivity contribution in [3.63, 3.8) is 0 Å². The number of hydrogen-bond donors (Lipinski definition) is 2. The van der Waals surface area contributed by atoms with Crippen LogP contribution in [0.3, 0.4) is 0 Å². The highest BCUT2D eigenvalue weighted by Gasteiger charge is 1.98. The molecule has 0 spiro atoms. The molecule has 3 N–H and O–H groups in total. The van der Waals surface area contributed by atoms with Crippen LogP contribution < -0.4 is 5.73 Å². The van der Waals surface area contributed by atoms with E-state index in [1.54, 1.807) is 11.8 Å². The molecule has 0 heterocycles.